The van der Waals surface area contributed by atoms with Crippen LogP contribution < -0.4 is 5.73 Å². The number of pyridine rings is 1. The molecule has 23 heavy (non-hydrogen) atoms. The van der Waals surface area contributed by atoms with Crippen molar-refractivity contribution in [1.82, 2.24) is 13.6 Å². The van der Waals surface area contributed by atoms with Crippen LogP contribution in [0.15, 0.2) is 12.1 Å². The number of rotatable bonds is 3. The summed E-state index contributed by atoms with van der Waals surface area (Å²) in [5, 5.41) is 0. The Morgan fingerprint density at radius 1 is 1.17 bits per heavy atom. The van der Waals surface area contributed by atoms with E-state index in [2.05, 4.69) is 4.98 Å². The van der Waals surface area contributed by atoms with Crippen LogP contribution in [0.5, 0.6) is 0 Å². The molecule has 0 bridgehead atoms. The Labute approximate surface area is 136 Å². The van der Waals surface area contributed by atoms with E-state index < -0.39 is 16.3 Å². The van der Waals surface area contributed by atoms with Gasteiger partial charge in [-0.05, 0) is 19.1 Å². The molecule has 2 aliphatic heterocycles. The Hall–Kier alpha value is -1.26. The lowest BCUT2D eigenvalue weighted by molar-refractivity contribution is -0.00847. The molecular formula is C14H22N4O4S. The molecule has 0 aromatic carbocycles. The Balaban J connectivity index is 1.77. The molecule has 3 heterocycles. The summed E-state index contributed by atoms with van der Waals surface area (Å²) in [7, 11) is -3.50. The molecule has 2 N–H and O–H groups in total. The lowest BCUT2D eigenvalue weighted by Crippen LogP contribution is -2.52. The topological polar surface area (TPSA) is 98.0 Å². The van der Waals surface area contributed by atoms with Crippen molar-refractivity contribution in [1.29, 1.82) is 0 Å². The Bertz CT molecular complexity index is 640. The monoisotopic (exact) mass is 342 g/mol. The smallest absolute Gasteiger partial charge is 0.282 e. The summed E-state index contributed by atoms with van der Waals surface area (Å²) in [6.07, 6.45) is -0.401. The van der Waals surface area contributed by atoms with Gasteiger partial charge in [0.1, 0.15) is 6.10 Å². The molecule has 0 radical (unpaired) electrons. The zero-order valence-electron chi connectivity index (χ0n) is 13.1. The van der Waals surface area contributed by atoms with Crippen LogP contribution in [0.1, 0.15) is 17.5 Å². The van der Waals surface area contributed by atoms with Gasteiger partial charge in [0.15, 0.2) is 0 Å². The van der Waals surface area contributed by atoms with E-state index in [0.29, 0.717) is 50.8 Å². The predicted octanol–water partition coefficient (Wildman–Crippen LogP) is -0.0775. The molecule has 1 aromatic rings. The molecular weight excluding hydrogens is 320 g/mol. The third-order valence-corrected chi connectivity index (χ3v) is 5.98. The van der Waals surface area contributed by atoms with Crippen molar-refractivity contribution in [2.45, 2.75) is 13.0 Å². The van der Waals surface area contributed by atoms with Gasteiger partial charge in [-0.1, -0.05) is 0 Å². The fourth-order valence-electron chi connectivity index (χ4n) is 2.84. The maximum absolute atomic E-state index is 12.7. The first kappa shape index (κ1) is 16.6. The summed E-state index contributed by atoms with van der Waals surface area (Å²) in [4.78, 5) is 4.43. The summed E-state index contributed by atoms with van der Waals surface area (Å²) >= 11 is 0. The highest BCUT2D eigenvalue weighted by atomic mass is 32.2. The van der Waals surface area contributed by atoms with Crippen molar-refractivity contribution in [2.75, 3.05) is 51.7 Å². The minimum absolute atomic E-state index is 0.246. The van der Waals surface area contributed by atoms with Gasteiger partial charge >= 0.3 is 0 Å². The van der Waals surface area contributed by atoms with Gasteiger partial charge < -0.3 is 15.2 Å². The number of hydrogen-bond donors (Lipinski definition) is 1. The van der Waals surface area contributed by atoms with Crippen molar-refractivity contribution in [3.8, 4) is 0 Å². The summed E-state index contributed by atoms with van der Waals surface area (Å²) in [6.45, 7) is 4.42. The molecule has 8 nitrogen and oxygen atoms in total. The summed E-state index contributed by atoms with van der Waals surface area (Å²) in [5.41, 5.74) is 7.91. The Morgan fingerprint density at radius 3 is 2.57 bits per heavy atom. The van der Waals surface area contributed by atoms with Crippen LogP contribution in [0.2, 0.25) is 0 Å². The molecule has 0 saturated carbocycles. The largest absolute Gasteiger partial charge is 0.399 e. The second-order valence-corrected chi connectivity index (χ2v) is 7.63. The molecule has 0 spiro atoms. The molecule has 9 heteroatoms. The van der Waals surface area contributed by atoms with Gasteiger partial charge in [0.25, 0.3) is 10.2 Å². The molecule has 2 aliphatic rings. The third-order valence-electron chi connectivity index (χ3n) is 3.98. The van der Waals surface area contributed by atoms with E-state index in [9.17, 15) is 8.42 Å². The zero-order valence-corrected chi connectivity index (χ0v) is 14.0. The Morgan fingerprint density at radius 2 is 1.87 bits per heavy atom. The number of nitrogens with zero attached hydrogens (tertiary/aromatic N) is 3. The third kappa shape index (κ3) is 3.64. The van der Waals surface area contributed by atoms with Gasteiger partial charge in [0.05, 0.1) is 25.5 Å². The molecule has 128 valence electrons. The van der Waals surface area contributed by atoms with Gasteiger partial charge in [0.2, 0.25) is 0 Å². The molecule has 3 rings (SSSR count). The molecule has 0 aliphatic carbocycles. The van der Waals surface area contributed by atoms with E-state index >= 15 is 0 Å². The van der Waals surface area contributed by atoms with Gasteiger partial charge in [0, 0.05) is 37.6 Å². The fraction of sp³-hybridized carbons (Fsp3) is 0.643. The summed E-state index contributed by atoms with van der Waals surface area (Å²) in [6, 6.07) is 3.51. The minimum Gasteiger partial charge on any atom is -0.399 e. The van der Waals surface area contributed by atoms with Crippen molar-refractivity contribution in [2.24, 2.45) is 0 Å². The van der Waals surface area contributed by atoms with E-state index in [4.69, 9.17) is 15.2 Å². The van der Waals surface area contributed by atoms with Crippen LogP contribution in [0.25, 0.3) is 0 Å². The lowest BCUT2D eigenvalue weighted by Gasteiger charge is -2.36. The van der Waals surface area contributed by atoms with E-state index in [1.807, 2.05) is 6.92 Å². The number of anilines is 1. The second-order valence-electron chi connectivity index (χ2n) is 5.70. The fourth-order valence-corrected chi connectivity index (χ4v) is 4.41. The van der Waals surface area contributed by atoms with E-state index in [0.717, 1.165) is 5.69 Å². The molecule has 0 unspecified atom stereocenters. The molecule has 1 aromatic heterocycles. The molecule has 1 atom stereocenters. The quantitative estimate of drug-likeness (QED) is 0.825. The normalized spacial score (nSPS) is 24.7. The van der Waals surface area contributed by atoms with Crippen molar-refractivity contribution < 1.29 is 17.9 Å². The number of ether oxygens (including phenoxy) is 2. The van der Waals surface area contributed by atoms with Gasteiger partial charge in [-0.25, -0.2) is 0 Å². The van der Waals surface area contributed by atoms with Gasteiger partial charge in [-0.3, -0.25) is 4.98 Å². The SMILES string of the molecule is Cc1cc(N)cc([C@H]2CN(S(=O)(=O)N3CCOCC3)CCO2)n1. The highest BCUT2D eigenvalue weighted by molar-refractivity contribution is 7.86. The first-order chi connectivity index (χ1) is 11.0. The highest BCUT2D eigenvalue weighted by Gasteiger charge is 2.35. The van der Waals surface area contributed by atoms with Crippen LogP contribution in [0.3, 0.4) is 0 Å². The number of hydrogen-bond acceptors (Lipinski definition) is 6. The lowest BCUT2D eigenvalue weighted by atomic mass is 10.2. The second kappa shape index (κ2) is 6.70. The molecule has 2 saturated heterocycles. The van der Waals surface area contributed by atoms with Gasteiger partial charge in [-0.15, -0.1) is 0 Å². The van der Waals surface area contributed by atoms with Crippen molar-refractivity contribution in [3.05, 3.63) is 23.5 Å². The average Bonchev–Trinajstić information content (AvgIpc) is 2.55. The van der Waals surface area contributed by atoms with Crippen LogP contribution in [-0.4, -0.2) is 68.0 Å². The average molecular weight is 342 g/mol. The van der Waals surface area contributed by atoms with Crippen LogP contribution in [0, 0.1) is 6.92 Å². The van der Waals surface area contributed by atoms with Crippen LogP contribution in [-0.2, 0) is 19.7 Å². The number of nitrogens with two attached hydrogens (primary N) is 1. The first-order valence-corrected chi connectivity index (χ1v) is 9.05. The molecule has 0 amide bonds. The zero-order chi connectivity index (χ0) is 16.4. The van der Waals surface area contributed by atoms with Crippen LogP contribution in [0.4, 0.5) is 5.69 Å². The van der Waals surface area contributed by atoms with E-state index in [-0.39, 0.29) is 6.54 Å². The summed E-state index contributed by atoms with van der Waals surface area (Å²) < 4.78 is 39.4. The first-order valence-electron chi connectivity index (χ1n) is 7.65. The standard InChI is InChI=1S/C14H22N4O4S/c1-11-8-12(15)9-13(16-11)14-10-18(4-7-22-14)23(19,20)17-2-5-21-6-3-17/h8-9,14H,2-7,10H2,1H3,(H2,15,16)/t14-/m1/s1. The summed E-state index contributed by atoms with van der Waals surface area (Å²) in [5.74, 6) is 0. The number of morpholine rings is 2. The number of aromatic nitrogens is 1. The van der Waals surface area contributed by atoms with Crippen molar-refractivity contribution >= 4 is 15.9 Å². The maximum atomic E-state index is 12.7. The molecule has 2 fully saturated rings. The predicted molar refractivity (Wildman–Crippen MR) is 85.0 cm³/mol. The number of nitrogen functional groups attached to an aromatic ring is 1. The van der Waals surface area contributed by atoms with E-state index in [1.165, 1.54) is 8.61 Å². The van der Waals surface area contributed by atoms with Gasteiger partial charge in [-0.2, -0.15) is 17.0 Å². The van der Waals surface area contributed by atoms with E-state index in [1.54, 1.807) is 12.1 Å². The minimum atomic E-state index is -3.50. The Kier molecular flexibility index (Phi) is 4.83. The number of aryl methyl sites for hydroxylation is 1. The highest BCUT2D eigenvalue weighted by Crippen LogP contribution is 2.25. The maximum Gasteiger partial charge on any atom is 0.282 e. The van der Waals surface area contributed by atoms with Crippen molar-refractivity contribution in [3.63, 3.8) is 0 Å². The van der Waals surface area contributed by atoms with Crippen LogP contribution >= 0.6 is 0 Å².